The van der Waals surface area contributed by atoms with Crippen LogP contribution in [0.4, 0.5) is 0 Å². The van der Waals surface area contributed by atoms with Crippen LogP contribution in [-0.2, 0) is 6.42 Å². The first-order valence-electron chi connectivity index (χ1n) is 7.87. The van der Waals surface area contributed by atoms with E-state index in [1.807, 2.05) is 12.1 Å². The molecule has 0 aliphatic carbocycles. The average molecular weight is 305 g/mol. The minimum atomic E-state index is 0.0722. The molecule has 3 aromatic carbocycles. The molecule has 0 radical (unpaired) electrons. The third-order valence-corrected chi connectivity index (χ3v) is 4.44. The highest BCUT2D eigenvalue weighted by atomic mass is 16.5. The zero-order valence-corrected chi connectivity index (χ0v) is 13.0. The minimum absolute atomic E-state index is 0.0722. The first-order chi connectivity index (χ1) is 11.1. The van der Waals surface area contributed by atoms with Crippen LogP contribution in [0.1, 0.15) is 11.1 Å². The lowest BCUT2D eigenvalue weighted by Crippen LogP contribution is -2.24. The summed E-state index contributed by atoms with van der Waals surface area (Å²) in [6.45, 7) is 2.64. The molecule has 1 atom stereocenters. The van der Waals surface area contributed by atoms with Crippen molar-refractivity contribution in [3.63, 3.8) is 0 Å². The van der Waals surface area contributed by atoms with Gasteiger partial charge in [-0.15, -0.1) is 0 Å². The molecule has 0 saturated heterocycles. The molecule has 0 amide bonds. The van der Waals surface area contributed by atoms with Crippen molar-refractivity contribution in [3.8, 4) is 22.6 Å². The quantitative estimate of drug-likeness (QED) is 0.757. The summed E-state index contributed by atoms with van der Waals surface area (Å²) in [6, 6.07) is 16.0. The molecule has 0 saturated carbocycles. The number of hydrogen-bond donors (Lipinski definition) is 2. The molecule has 3 heteroatoms. The molecule has 1 aliphatic rings. The number of rotatable bonds is 2. The van der Waals surface area contributed by atoms with E-state index in [-0.39, 0.29) is 11.9 Å². The van der Waals surface area contributed by atoms with Crippen LogP contribution in [0.25, 0.3) is 21.9 Å². The van der Waals surface area contributed by atoms with Gasteiger partial charge >= 0.3 is 0 Å². The summed E-state index contributed by atoms with van der Waals surface area (Å²) in [5, 5.41) is 11.7. The van der Waals surface area contributed by atoms with Gasteiger partial charge in [0.05, 0.1) is 0 Å². The third kappa shape index (κ3) is 2.43. The number of phenols is 1. The van der Waals surface area contributed by atoms with Gasteiger partial charge < -0.3 is 15.6 Å². The molecule has 23 heavy (non-hydrogen) atoms. The maximum Gasteiger partial charge on any atom is 0.130 e. The van der Waals surface area contributed by atoms with E-state index in [1.54, 1.807) is 12.1 Å². The molecule has 3 N–H and O–H groups in total. The van der Waals surface area contributed by atoms with E-state index in [1.165, 1.54) is 11.1 Å². The SMILES string of the molecule is Cc1cc2c(c(-c3ccc4cc(O)ccc4c3)c1)OC(CN)C2. The van der Waals surface area contributed by atoms with Crippen LogP contribution in [0.2, 0.25) is 0 Å². The molecule has 3 aromatic rings. The number of phenolic OH excluding ortho intramolecular Hbond substituents is 1. The van der Waals surface area contributed by atoms with Gasteiger partial charge in [-0.2, -0.15) is 0 Å². The average Bonchev–Trinajstić information content (AvgIpc) is 2.96. The second-order valence-corrected chi connectivity index (χ2v) is 6.23. The zero-order valence-electron chi connectivity index (χ0n) is 13.0. The Bertz CT molecular complexity index is 902. The molecule has 1 aliphatic heterocycles. The summed E-state index contributed by atoms with van der Waals surface area (Å²) in [6.07, 6.45) is 0.949. The van der Waals surface area contributed by atoms with Gasteiger partial charge in [0.25, 0.3) is 0 Å². The van der Waals surface area contributed by atoms with Gasteiger partial charge in [0.2, 0.25) is 0 Å². The lowest BCUT2D eigenvalue weighted by atomic mass is 9.96. The van der Waals surface area contributed by atoms with Crippen LogP contribution in [0.5, 0.6) is 11.5 Å². The Balaban J connectivity index is 1.87. The summed E-state index contributed by atoms with van der Waals surface area (Å²) >= 11 is 0. The fourth-order valence-electron chi connectivity index (χ4n) is 3.34. The molecule has 116 valence electrons. The van der Waals surface area contributed by atoms with Crippen LogP contribution in [0, 0.1) is 6.92 Å². The highest BCUT2D eigenvalue weighted by molar-refractivity contribution is 5.89. The molecule has 0 aromatic heterocycles. The standard InChI is InChI=1S/C20H19NO2/c1-12-6-16-10-18(11-21)23-20(16)19(7-12)15-3-2-14-9-17(22)5-4-13(14)8-15/h2-9,18,22H,10-11,21H2,1H3. The predicted octanol–water partition coefficient (Wildman–Crippen LogP) is 3.78. The van der Waals surface area contributed by atoms with Gasteiger partial charge in [0.1, 0.15) is 17.6 Å². The van der Waals surface area contributed by atoms with E-state index in [9.17, 15) is 5.11 Å². The molecule has 3 nitrogen and oxygen atoms in total. The van der Waals surface area contributed by atoms with Crippen LogP contribution < -0.4 is 10.5 Å². The van der Waals surface area contributed by atoms with Crippen molar-refractivity contribution in [2.24, 2.45) is 5.73 Å². The molecular weight excluding hydrogens is 286 g/mol. The predicted molar refractivity (Wildman–Crippen MR) is 93.0 cm³/mol. The van der Waals surface area contributed by atoms with Gasteiger partial charge in [-0.25, -0.2) is 0 Å². The van der Waals surface area contributed by atoms with Gasteiger partial charge in [-0.1, -0.05) is 24.3 Å². The van der Waals surface area contributed by atoms with Crippen molar-refractivity contribution in [1.29, 1.82) is 0 Å². The van der Waals surface area contributed by atoms with Crippen molar-refractivity contribution in [2.45, 2.75) is 19.4 Å². The highest BCUT2D eigenvalue weighted by Gasteiger charge is 2.25. The van der Waals surface area contributed by atoms with Gasteiger partial charge in [0, 0.05) is 18.5 Å². The second kappa shape index (κ2) is 5.28. The number of aryl methyl sites for hydroxylation is 1. The van der Waals surface area contributed by atoms with Crippen molar-refractivity contribution >= 4 is 10.8 Å². The Labute approximate surface area is 135 Å². The Morgan fingerprint density at radius 1 is 1.09 bits per heavy atom. The number of ether oxygens (including phenoxy) is 1. The molecular formula is C20H19NO2. The highest BCUT2D eigenvalue weighted by Crippen LogP contribution is 2.40. The Morgan fingerprint density at radius 2 is 1.87 bits per heavy atom. The number of aromatic hydroxyl groups is 1. The number of nitrogens with two attached hydrogens (primary N) is 1. The van der Waals surface area contributed by atoms with Gasteiger partial charge in [0.15, 0.2) is 0 Å². The van der Waals surface area contributed by atoms with E-state index in [2.05, 4.69) is 31.2 Å². The summed E-state index contributed by atoms with van der Waals surface area (Å²) in [5.41, 5.74) is 10.5. The number of fused-ring (bicyclic) bond motifs is 2. The topological polar surface area (TPSA) is 55.5 Å². The fraction of sp³-hybridized carbons (Fsp3) is 0.200. The van der Waals surface area contributed by atoms with E-state index >= 15 is 0 Å². The maximum atomic E-state index is 9.60. The van der Waals surface area contributed by atoms with Gasteiger partial charge in [-0.05, 0) is 58.7 Å². The normalized spacial score (nSPS) is 16.3. The largest absolute Gasteiger partial charge is 0.508 e. The first kappa shape index (κ1) is 14.1. The Hall–Kier alpha value is -2.52. The van der Waals surface area contributed by atoms with Crippen molar-refractivity contribution in [3.05, 3.63) is 59.7 Å². The summed E-state index contributed by atoms with van der Waals surface area (Å²) < 4.78 is 6.06. The number of benzene rings is 3. The van der Waals surface area contributed by atoms with Crippen LogP contribution in [0.3, 0.4) is 0 Å². The van der Waals surface area contributed by atoms with E-state index in [4.69, 9.17) is 10.5 Å². The molecule has 0 spiro atoms. The fourth-order valence-corrected chi connectivity index (χ4v) is 3.34. The second-order valence-electron chi connectivity index (χ2n) is 6.23. The van der Waals surface area contributed by atoms with Crippen LogP contribution in [-0.4, -0.2) is 17.8 Å². The molecule has 0 fully saturated rings. The Morgan fingerprint density at radius 3 is 2.70 bits per heavy atom. The molecule has 1 unspecified atom stereocenters. The monoisotopic (exact) mass is 305 g/mol. The lowest BCUT2D eigenvalue weighted by molar-refractivity contribution is 0.242. The third-order valence-electron chi connectivity index (χ3n) is 4.44. The first-order valence-corrected chi connectivity index (χ1v) is 7.87. The van der Waals surface area contributed by atoms with Crippen LogP contribution in [0.15, 0.2) is 48.5 Å². The molecule has 1 heterocycles. The summed E-state index contributed by atoms with van der Waals surface area (Å²) in [7, 11) is 0. The lowest BCUT2D eigenvalue weighted by Gasteiger charge is -2.12. The van der Waals surface area contributed by atoms with E-state index in [0.717, 1.165) is 34.1 Å². The molecule has 0 bridgehead atoms. The Kier molecular flexibility index (Phi) is 3.24. The van der Waals surface area contributed by atoms with Crippen molar-refractivity contribution < 1.29 is 9.84 Å². The van der Waals surface area contributed by atoms with Crippen molar-refractivity contribution in [2.75, 3.05) is 6.54 Å². The zero-order chi connectivity index (χ0) is 16.0. The smallest absolute Gasteiger partial charge is 0.130 e. The van der Waals surface area contributed by atoms with Crippen molar-refractivity contribution in [1.82, 2.24) is 0 Å². The minimum Gasteiger partial charge on any atom is -0.508 e. The van der Waals surface area contributed by atoms with Crippen LogP contribution >= 0.6 is 0 Å². The van der Waals surface area contributed by atoms with E-state index in [0.29, 0.717) is 6.54 Å². The summed E-state index contributed by atoms with van der Waals surface area (Å²) in [4.78, 5) is 0. The number of hydrogen-bond acceptors (Lipinski definition) is 3. The van der Waals surface area contributed by atoms with Gasteiger partial charge in [-0.3, -0.25) is 0 Å². The maximum absolute atomic E-state index is 9.60. The summed E-state index contributed by atoms with van der Waals surface area (Å²) in [5.74, 6) is 1.25. The molecule has 4 rings (SSSR count). The van der Waals surface area contributed by atoms with E-state index < -0.39 is 0 Å².